The van der Waals surface area contributed by atoms with Crippen molar-refractivity contribution in [3.8, 4) is 16.9 Å². The summed E-state index contributed by atoms with van der Waals surface area (Å²) < 4.78 is 43.7. The first-order valence-electron chi connectivity index (χ1n) is 10.5. The number of alkyl halides is 3. The zero-order valence-electron chi connectivity index (χ0n) is 18.8. The number of nitrogens with one attached hydrogen (secondary N) is 1. The Hall–Kier alpha value is -3.89. The lowest BCUT2D eigenvalue weighted by Crippen LogP contribution is -2.31. The topological polar surface area (TPSA) is 87.7 Å². The van der Waals surface area contributed by atoms with Crippen LogP contribution in [0.25, 0.3) is 22.2 Å². The number of hydrogen-bond donors (Lipinski definition) is 2. The molecule has 10 heteroatoms. The van der Waals surface area contributed by atoms with E-state index in [1.165, 1.54) is 26.3 Å². The summed E-state index contributed by atoms with van der Waals surface area (Å²) >= 11 is 0. The Morgan fingerprint density at radius 2 is 1.83 bits per heavy atom. The molecule has 0 aliphatic heterocycles. The predicted molar refractivity (Wildman–Crippen MR) is 122 cm³/mol. The molecule has 0 aliphatic rings. The highest BCUT2D eigenvalue weighted by Gasteiger charge is 2.30. The van der Waals surface area contributed by atoms with E-state index in [0.29, 0.717) is 22.5 Å². The van der Waals surface area contributed by atoms with Gasteiger partial charge in [-0.15, -0.1) is 0 Å². The number of likely N-dealkylation sites (N-methyl/N-ethyl adjacent to an activating group) is 1. The molecule has 0 bridgehead atoms. The smallest absolute Gasteiger partial charge is 0.416 e. The van der Waals surface area contributed by atoms with Crippen molar-refractivity contribution in [2.24, 2.45) is 0 Å². The van der Waals surface area contributed by atoms with Crippen LogP contribution in [0.1, 0.15) is 23.1 Å². The van der Waals surface area contributed by atoms with Crippen LogP contribution in [0.4, 0.5) is 13.2 Å². The number of aliphatic hydroxyl groups excluding tert-OH is 1. The fraction of sp³-hybridized carbons (Fsp3) is 0.200. The van der Waals surface area contributed by atoms with Crippen LogP contribution >= 0.6 is 0 Å². The van der Waals surface area contributed by atoms with E-state index in [9.17, 15) is 23.1 Å². The van der Waals surface area contributed by atoms with Gasteiger partial charge in [0.05, 0.1) is 23.7 Å². The Bertz CT molecular complexity index is 1340. The molecule has 0 aliphatic carbocycles. The number of aliphatic hydroxyl groups is 1. The molecule has 0 saturated carbocycles. The second-order valence-corrected chi connectivity index (χ2v) is 7.73. The second kappa shape index (κ2) is 9.77. The Kier molecular flexibility index (Phi) is 6.77. The molecule has 0 saturated heterocycles. The Morgan fingerprint density at radius 3 is 2.51 bits per heavy atom. The van der Waals surface area contributed by atoms with Crippen molar-refractivity contribution in [3.05, 3.63) is 83.7 Å². The highest BCUT2D eigenvalue weighted by atomic mass is 19.4. The van der Waals surface area contributed by atoms with E-state index in [2.05, 4.69) is 9.97 Å². The number of carbonyl (C=O) groups is 1. The van der Waals surface area contributed by atoms with Crippen molar-refractivity contribution in [3.63, 3.8) is 0 Å². The molecule has 0 fully saturated rings. The van der Waals surface area contributed by atoms with Gasteiger partial charge < -0.3 is 14.8 Å². The molecule has 182 valence electrons. The number of H-pyrrole nitrogens is 1. The molecule has 1 amide bonds. The molecule has 1 heterocycles. The standard InChI is InChI=1S/C25H22F3N3O4/c1-31(34-2)24(33)23(32)19-6-4-3-5-18(19)15-7-12-20-21(13-15)30-22(29-20)14-35-17-10-8-16(9-11-17)25(26,27)28/h3-13,23,32H,14H2,1-2H3,(H,29,30). The van der Waals surface area contributed by atoms with Gasteiger partial charge in [-0.1, -0.05) is 30.3 Å². The second-order valence-electron chi connectivity index (χ2n) is 7.73. The number of halogens is 3. The van der Waals surface area contributed by atoms with E-state index in [1.54, 1.807) is 24.3 Å². The molecule has 35 heavy (non-hydrogen) atoms. The van der Waals surface area contributed by atoms with Gasteiger partial charge in [-0.25, -0.2) is 10.0 Å². The van der Waals surface area contributed by atoms with E-state index in [-0.39, 0.29) is 12.4 Å². The summed E-state index contributed by atoms with van der Waals surface area (Å²) in [4.78, 5) is 24.9. The van der Waals surface area contributed by atoms with Crippen LogP contribution in [0.5, 0.6) is 5.75 Å². The van der Waals surface area contributed by atoms with E-state index < -0.39 is 23.8 Å². The molecule has 4 aromatic rings. The number of benzene rings is 3. The number of amides is 1. The first-order valence-corrected chi connectivity index (χ1v) is 10.5. The molecular weight excluding hydrogens is 463 g/mol. The van der Waals surface area contributed by atoms with Crippen molar-refractivity contribution in [1.82, 2.24) is 15.0 Å². The third kappa shape index (κ3) is 5.28. The zero-order chi connectivity index (χ0) is 25.2. The lowest BCUT2D eigenvalue weighted by molar-refractivity contribution is -0.178. The molecule has 1 aromatic heterocycles. The number of imidazole rings is 1. The fourth-order valence-electron chi connectivity index (χ4n) is 3.58. The van der Waals surface area contributed by atoms with Crippen molar-refractivity contribution < 1.29 is 32.6 Å². The van der Waals surface area contributed by atoms with Gasteiger partial charge in [-0.05, 0) is 53.1 Å². The average Bonchev–Trinajstić information content (AvgIpc) is 3.28. The number of hydrogen-bond acceptors (Lipinski definition) is 5. The summed E-state index contributed by atoms with van der Waals surface area (Å²) in [6.07, 6.45) is -5.82. The van der Waals surface area contributed by atoms with Gasteiger partial charge in [0.25, 0.3) is 5.91 Å². The molecule has 4 rings (SSSR count). The van der Waals surface area contributed by atoms with E-state index in [1.807, 2.05) is 18.2 Å². The van der Waals surface area contributed by atoms with Gasteiger partial charge in [0.15, 0.2) is 6.10 Å². The number of aromatic nitrogens is 2. The summed E-state index contributed by atoms with van der Waals surface area (Å²) in [5, 5.41) is 11.6. The summed E-state index contributed by atoms with van der Waals surface area (Å²) in [5.41, 5.74) is 2.42. The molecule has 0 spiro atoms. The maximum atomic E-state index is 12.7. The first-order chi connectivity index (χ1) is 16.7. The summed E-state index contributed by atoms with van der Waals surface area (Å²) in [7, 11) is 2.75. The van der Waals surface area contributed by atoms with Crippen LogP contribution in [0.3, 0.4) is 0 Å². The van der Waals surface area contributed by atoms with Gasteiger partial charge in [0.1, 0.15) is 18.2 Å². The first kappa shape index (κ1) is 24.2. The van der Waals surface area contributed by atoms with Crippen LogP contribution < -0.4 is 4.74 Å². The van der Waals surface area contributed by atoms with Gasteiger partial charge in [0.2, 0.25) is 0 Å². The van der Waals surface area contributed by atoms with Crippen molar-refractivity contribution >= 4 is 16.9 Å². The summed E-state index contributed by atoms with van der Waals surface area (Å²) in [6.45, 7) is 0.0303. The maximum absolute atomic E-state index is 12.7. The van der Waals surface area contributed by atoms with Crippen LogP contribution in [-0.2, 0) is 22.4 Å². The lowest BCUT2D eigenvalue weighted by atomic mass is 9.95. The minimum absolute atomic E-state index is 0.0303. The Morgan fingerprint density at radius 1 is 1.11 bits per heavy atom. The number of rotatable bonds is 7. The molecule has 3 aromatic carbocycles. The molecule has 1 unspecified atom stereocenters. The Balaban J connectivity index is 1.54. The van der Waals surface area contributed by atoms with Crippen molar-refractivity contribution in [2.75, 3.05) is 14.2 Å². The number of fused-ring (bicyclic) bond motifs is 1. The minimum atomic E-state index is -4.41. The van der Waals surface area contributed by atoms with Gasteiger partial charge >= 0.3 is 6.18 Å². The Labute approximate surface area is 198 Å². The SMILES string of the molecule is CON(C)C(=O)C(O)c1ccccc1-c1ccc2[nH]c(COc3ccc(C(F)(F)F)cc3)nc2c1. The van der Waals surface area contributed by atoms with Gasteiger partial charge in [0, 0.05) is 7.05 Å². The number of aromatic amines is 1. The number of nitrogens with zero attached hydrogens (tertiary/aromatic N) is 2. The highest BCUT2D eigenvalue weighted by molar-refractivity contribution is 5.87. The van der Waals surface area contributed by atoms with E-state index in [0.717, 1.165) is 28.3 Å². The fourth-order valence-corrected chi connectivity index (χ4v) is 3.58. The van der Waals surface area contributed by atoms with Crippen molar-refractivity contribution in [2.45, 2.75) is 18.9 Å². The predicted octanol–water partition coefficient (Wildman–Crippen LogP) is 4.88. The van der Waals surface area contributed by atoms with E-state index >= 15 is 0 Å². The monoisotopic (exact) mass is 485 g/mol. The largest absolute Gasteiger partial charge is 0.486 e. The average molecular weight is 485 g/mol. The third-order valence-electron chi connectivity index (χ3n) is 5.47. The number of carbonyl (C=O) groups excluding carboxylic acids is 1. The van der Waals surface area contributed by atoms with E-state index in [4.69, 9.17) is 9.57 Å². The summed E-state index contributed by atoms with van der Waals surface area (Å²) in [6, 6.07) is 16.9. The quantitative estimate of drug-likeness (QED) is 0.365. The molecular formula is C25H22F3N3O4. The highest BCUT2D eigenvalue weighted by Crippen LogP contribution is 2.32. The van der Waals surface area contributed by atoms with Crippen LogP contribution in [-0.4, -0.2) is 40.2 Å². The molecule has 1 atom stereocenters. The maximum Gasteiger partial charge on any atom is 0.416 e. The molecule has 0 radical (unpaired) electrons. The minimum Gasteiger partial charge on any atom is -0.486 e. The van der Waals surface area contributed by atoms with Crippen LogP contribution in [0, 0.1) is 0 Å². The molecule has 7 nitrogen and oxygen atoms in total. The third-order valence-corrected chi connectivity index (χ3v) is 5.47. The molecule has 2 N–H and O–H groups in total. The zero-order valence-corrected chi connectivity index (χ0v) is 18.8. The van der Waals surface area contributed by atoms with Gasteiger partial charge in [-0.2, -0.15) is 13.2 Å². The number of hydroxylamine groups is 2. The number of ether oxygens (including phenoxy) is 1. The normalized spacial score (nSPS) is 12.5. The van der Waals surface area contributed by atoms with Gasteiger partial charge in [-0.3, -0.25) is 9.63 Å². The van der Waals surface area contributed by atoms with Crippen molar-refractivity contribution in [1.29, 1.82) is 0 Å². The van der Waals surface area contributed by atoms with Crippen LogP contribution in [0.2, 0.25) is 0 Å². The summed E-state index contributed by atoms with van der Waals surface area (Å²) in [5.74, 6) is 0.165. The lowest BCUT2D eigenvalue weighted by Gasteiger charge is -2.20. The van der Waals surface area contributed by atoms with Crippen LogP contribution in [0.15, 0.2) is 66.7 Å².